The van der Waals surface area contributed by atoms with Crippen molar-refractivity contribution in [3.05, 3.63) is 50.6 Å². The average molecular weight is 361 g/mol. The van der Waals surface area contributed by atoms with Crippen molar-refractivity contribution in [2.75, 3.05) is 0 Å². The summed E-state index contributed by atoms with van der Waals surface area (Å²) in [7, 11) is -3.54. The van der Waals surface area contributed by atoms with Gasteiger partial charge in [-0.15, -0.1) is 11.3 Å². The Labute approximate surface area is 124 Å². The van der Waals surface area contributed by atoms with E-state index in [-0.39, 0.29) is 18.0 Å². The Morgan fingerprint density at radius 2 is 2.00 bits per heavy atom. The maximum atomic E-state index is 12.2. The second-order valence-corrected chi connectivity index (χ2v) is 7.42. The number of hydrogen-bond acceptors (Lipinski definition) is 4. The van der Waals surface area contributed by atoms with Crippen LogP contribution in [0.3, 0.4) is 0 Å². The molecule has 0 atom stereocenters. The molecule has 0 aliphatic heterocycles. The van der Waals surface area contributed by atoms with E-state index in [2.05, 4.69) is 20.7 Å². The van der Waals surface area contributed by atoms with E-state index >= 15 is 0 Å². The summed E-state index contributed by atoms with van der Waals surface area (Å²) >= 11 is 4.87. The van der Waals surface area contributed by atoms with Crippen molar-refractivity contribution in [1.82, 2.24) is 4.72 Å². The third-order valence-electron chi connectivity index (χ3n) is 2.60. The van der Waals surface area contributed by atoms with Gasteiger partial charge in [0.2, 0.25) is 10.0 Å². The minimum absolute atomic E-state index is 0.194. The van der Waals surface area contributed by atoms with Gasteiger partial charge in [-0.05, 0) is 39.0 Å². The van der Waals surface area contributed by atoms with Gasteiger partial charge < -0.3 is 5.73 Å². The third-order valence-corrected chi connectivity index (χ3v) is 6.02. The first-order valence-electron chi connectivity index (χ1n) is 5.54. The smallest absolute Gasteiger partial charge is 0.241 e. The highest BCUT2D eigenvalue weighted by Crippen LogP contribution is 2.23. The second kappa shape index (κ2) is 6.15. The summed E-state index contributed by atoms with van der Waals surface area (Å²) in [4.78, 5) is 1.18. The lowest BCUT2D eigenvalue weighted by Gasteiger charge is -2.09. The monoisotopic (exact) mass is 360 g/mol. The van der Waals surface area contributed by atoms with Crippen molar-refractivity contribution < 1.29 is 8.42 Å². The molecular weight excluding hydrogens is 348 g/mol. The van der Waals surface area contributed by atoms with Crippen LogP contribution in [0.2, 0.25) is 0 Å². The number of nitrogens with one attached hydrogen (secondary N) is 1. The third kappa shape index (κ3) is 3.43. The Kier molecular flexibility index (Phi) is 4.75. The van der Waals surface area contributed by atoms with Crippen LogP contribution >= 0.6 is 27.3 Å². The number of thiophene rings is 1. The molecular formula is C12H13BrN2O2S2. The molecule has 0 fully saturated rings. The molecule has 0 radical (unpaired) electrons. The largest absolute Gasteiger partial charge is 0.326 e. The zero-order valence-electron chi connectivity index (χ0n) is 9.97. The molecule has 0 saturated carbocycles. The summed E-state index contributed by atoms with van der Waals surface area (Å²) in [6.07, 6.45) is 0. The minimum Gasteiger partial charge on any atom is -0.326 e. The van der Waals surface area contributed by atoms with E-state index in [0.717, 1.165) is 9.35 Å². The van der Waals surface area contributed by atoms with Crippen molar-refractivity contribution in [2.45, 2.75) is 18.0 Å². The van der Waals surface area contributed by atoms with Gasteiger partial charge in [0.25, 0.3) is 0 Å². The maximum absolute atomic E-state index is 12.2. The molecule has 4 nitrogen and oxygen atoms in total. The Bertz CT molecular complexity index is 668. The first-order chi connectivity index (χ1) is 9.04. The predicted molar refractivity (Wildman–Crippen MR) is 80.4 cm³/mol. The van der Waals surface area contributed by atoms with E-state index < -0.39 is 10.0 Å². The van der Waals surface area contributed by atoms with Crippen LogP contribution in [0.1, 0.15) is 10.4 Å². The predicted octanol–water partition coefficient (Wildman–Crippen LogP) is 2.45. The molecule has 0 aliphatic rings. The number of benzene rings is 1. The number of hydrogen-bond donors (Lipinski definition) is 2. The van der Waals surface area contributed by atoms with E-state index in [4.69, 9.17) is 5.73 Å². The van der Waals surface area contributed by atoms with Crippen LogP contribution in [-0.4, -0.2) is 8.42 Å². The molecule has 2 rings (SSSR count). The van der Waals surface area contributed by atoms with Crippen LogP contribution in [0.4, 0.5) is 0 Å². The molecule has 2 aromatic rings. The van der Waals surface area contributed by atoms with Gasteiger partial charge in [0, 0.05) is 22.4 Å². The molecule has 1 heterocycles. The molecule has 19 heavy (non-hydrogen) atoms. The lowest BCUT2D eigenvalue weighted by molar-refractivity contribution is 0.580. The fraction of sp³-hybridized carbons (Fsp3) is 0.167. The zero-order chi connectivity index (χ0) is 13.9. The zero-order valence-corrected chi connectivity index (χ0v) is 13.2. The van der Waals surface area contributed by atoms with Gasteiger partial charge in [-0.1, -0.05) is 18.2 Å². The van der Waals surface area contributed by atoms with Crippen LogP contribution in [-0.2, 0) is 23.1 Å². The molecule has 1 aromatic carbocycles. The van der Waals surface area contributed by atoms with Crippen LogP contribution < -0.4 is 10.5 Å². The van der Waals surface area contributed by atoms with Gasteiger partial charge in [0.05, 0.1) is 4.90 Å². The molecule has 0 amide bonds. The number of sulfonamides is 1. The molecule has 0 unspecified atom stereocenters. The van der Waals surface area contributed by atoms with Crippen molar-refractivity contribution in [3.8, 4) is 0 Å². The Morgan fingerprint density at radius 1 is 1.26 bits per heavy atom. The summed E-state index contributed by atoms with van der Waals surface area (Å²) in [5, 5.41) is 1.90. The average Bonchev–Trinajstić information content (AvgIpc) is 2.82. The van der Waals surface area contributed by atoms with Crippen LogP contribution in [0, 0.1) is 0 Å². The Balaban J connectivity index is 2.21. The highest BCUT2D eigenvalue weighted by atomic mass is 79.9. The highest BCUT2D eigenvalue weighted by molar-refractivity contribution is 9.10. The summed E-state index contributed by atoms with van der Waals surface area (Å²) < 4.78 is 28.0. The van der Waals surface area contributed by atoms with Crippen molar-refractivity contribution >= 4 is 37.3 Å². The molecule has 0 spiro atoms. The van der Waals surface area contributed by atoms with Gasteiger partial charge in [0.1, 0.15) is 0 Å². The molecule has 0 aliphatic carbocycles. The summed E-state index contributed by atoms with van der Waals surface area (Å²) in [5.74, 6) is 0. The van der Waals surface area contributed by atoms with Crippen LogP contribution in [0.5, 0.6) is 0 Å². The van der Waals surface area contributed by atoms with Gasteiger partial charge in [-0.2, -0.15) is 0 Å². The lowest BCUT2D eigenvalue weighted by Crippen LogP contribution is -2.24. The first kappa shape index (κ1) is 14.7. The van der Waals surface area contributed by atoms with E-state index in [9.17, 15) is 8.42 Å². The summed E-state index contributed by atoms with van der Waals surface area (Å²) in [5.41, 5.74) is 6.18. The SMILES string of the molecule is NCc1ccccc1S(=O)(=O)NCc1sccc1Br. The van der Waals surface area contributed by atoms with Gasteiger partial charge in [0.15, 0.2) is 0 Å². The highest BCUT2D eigenvalue weighted by Gasteiger charge is 2.17. The summed E-state index contributed by atoms with van der Waals surface area (Å²) in [6, 6.07) is 8.64. The Hall–Kier alpha value is -0.730. The topological polar surface area (TPSA) is 72.2 Å². The van der Waals surface area contributed by atoms with E-state index in [1.165, 1.54) is 11.3 Å². The van der Waals surface area contributed by atoms with Crippen molar-refractivity contribution in [3.63, 3.8) is 0 Å². The normalized spacial score (nSPS) is 11.7. The maximum Gasteiger partial charge on any atom is 0.241 e. The van der Waals surface area contributed by atoms with Crippen LogP contribution in [0.25, 0.3) is 0 Å². The Morgan fingerprint density at radius 3 is 2.63 bits per heavy atom. The minimum atomic E-state index is -3.54. The first-order valence-corrected chi connectivity index (χ1v) is 8.69. The summed E-state index contributed by atoms with van der Waals surface area (Å²) in [6.45, 7) is 0.458. The van der Waals surface area contributed by atoms with E-state index in [1.807, 2.05) is 11.4 Å². The molecule has 0 saturated heterocycles. The van der Waals surface area contributed by atoms with E-state index in [1.54, 1.807) is 24.3 Å². The fourth-order valence-electron chi connectivity index (χ4n) is 1.62. The lowest BCUT2D eigenvalue weighted by atomic mass is 10.2. The fourth-order valence-corrected chi connectivity index (χ4v) is 4.39. The standard InChI is InChI=1S/C12H13BrN2O2S2/c13-10-5-6-18-11(10)8-15-19(16,17)12-4-2-1-3-9(12)7-14/h1-6,15H,7-8,14H2. The number of nitrogens with two attached hydrogens (primary N) is 1. The van der Waals surface area contributed by atoms with Crippen LogP contribution in [0.15, 0.2) is 45.1 Å². The molecule has 0 bridgehead atoms. The van der Waals surface area contributed by atoms with Gasteiger partial charge in [-0.3, -0.25) is 0 Å². The molecule has 1 aromatic heterocycles. The van der Waals surface area contributed by atoms with Gasteiger partial charge in [-0.25, -0.2) is 13.1 Å². The molecule has 7 heteroatoms. The second-order valence-electron chi connectivity index (χ2n) is 3.83. The van der Waals surface area contributed by atoms with Crippen molar-refractivity contribution in [2.24, 2.45) is 5.73 Å². The number of rotatable bonds is 5. The van der Waals surface area contributed by atoms with Gasteiger partial charge >= 0.3 is 0 Å². The quantitative estimate of drug-likeness (QED) is 0.859. The van der Waals surface area contributed by atoms with Crippen molar-refractivity contribution in [1.29, 1.82) is 0 Å². The molecule has 102 valence electrons. The van der Waals surface area contributed by atoms with E-state index in [0.29, 0.717) is 5.56 Å². The number of halogens is 1. The molecule has 3 N–H and O–H groups in total.